The molecule has 3 atom stereocenters. The van der Waals surface area contributed by atoms with Gasteiger partial charge in [0.05, 0.1) is 12.9 Å². The number of hydrogen-bond acceptors (Lipinski definition) is 7. The molecule has 27 heavy (non-hydrogen) atoms. The first-order valence-corrected chi connectivity index (χ1v) is 8.76. The SMILES string of the molecule is CC1(C)O[C@H]2[C@H](n3cnc4c(-c5cccc(C=O)c5)ncnc43)OC[C@H]2O1. The zero-order valence-corrected chi connectivity index (χ0v) is 14.9. The average molecular weight is 366 g/mol. The summed E-state index contributed by atoms with van der Waals surface area (Å²) in [6.45, 7) is 4.25. The maximum atomic E-state index is 11.1. The molecule has 3 aromatic rings. The summed E-state index contributed by atoms with van der Waals surface area (Å²) in [5, 5.41) is 0. The average Bonchev–Trinajstić information content (AvgIpc) is 3.33. The van der Waals surface area contributed by atoms with Gasteiger partial charge in [-0.2, -0.15) is 0 Å². The minimum Gasteiger partial charge on any atom is -0.352 e. The Kier molecular flexibility index (Phi) is 3.61. The Hall–Kier alpha value is -2.68. The standard InChI is InChI=1S/C19H18N4O4/c1-19(2)26-13-8-25-18(16(13)27-19)23-10-22-15-14(20-9-21-17(15)23)12-5-3-4-11(6-12)7-24/h3-7,9-10,13,16,18H,8H2,1-2H3/t13-,16-,18-/m1/s1. The van der Waals surface area contributed by atoms with Crippen molar-refractivity contribution in [3.63, 3.8) is 0 Å². The van der Waals surface area contributed by atoms with Crippen molar-refractivity contribution >= 4 is 17.5 Å². The van der Waals surface area contributed by atoms with Gasteiger partial charge in [-0.1, -0.05) is 18.2 Å². The van der Waals surface area contributed by atoms with Crippen LogP contribution in [0.5, 0.6) is 0 Å². The summed E-state index contributed by atoms with van der Waals surface area (Å²) < 4.78 is 19.7. The molecule has 5 rings (SSSR count). The number of imidazole rings is 1. The molecule has 4 heterocycles. The van der Waals surface area contributed by atoms with Crippen LogP contribution in [0.15, 0.2) is 36.9 Å². The molecule has 0 N–H and O–H groups in total. The van der Waals surface area contributed by atoms with Crippen LogP contribution >= 0.6 is 0 Å². The minimum absolute atomic E-state index is 0.118. The highest BCUT2D eigenvalue weighted by Gasteiger charge is 2.51. The Bertz CT molecular complexity index is 1030. The highest BCUT2D eigenvalue weighted by atomic mass is 16.8. The summed E-state index contributed by atoms with van der Waals surface area (Å²) in [6, 6.07) is 7.25. The number of aldehydes is 1. The molecule has 0 aliphatic carbocycles. The van der Waals surface area contributed by atoms with Gasteiger partial charge in [0.1, 0.15) is 36.0 Å². The fourth-order valence-electron chi connectivity index (χ4n) is 3.77. The normalized spacial score (nSPS) is 26.4. The lowest BCUT2D eigenvalue weighted by atomic mass is 10.1. The van der Waals surface area contributed by atoms with E-state index in [0.717, 1.165) is 11.8 Å². The van der Waals surface area contributed by atoms with Gasteiger partial charge in [-0.15, -0.1) is 0 Å². The van der Waals surface area contributed by atoms with Gasteiger partial charge in [-0.3, -0.25) is 9.36 Å². The van der Waals surface area contributed by atoms with E-state index in [1.807, 2.05) is 30.5 Å². The van der Waals surface area contributed by atoms with E-state index in [-0.39, 0.29) is 18.4 Å². The van der Waals surface area contributed by atoms with Crippen molar-refractivity contribution in [2.24, 2.45) is 0 Å². The third kappa shape index (κ3) is 2.64. The molecule has 8 nitrogen and oxygen atoms in total. The Balaban J connectivity index is 1.57. The maximum Gasteiger partial charge on any atom is 0.166 e. The lowest BCUT2D eigenvalue weighted by molar-refractivity contribution is -0.183. The van der Waals surface area contributed by atoms with E-state index in [0.29, 0.717) is 29.0 Å². The highest BCUT2D eigenvalue weighted by Crippen LogP contribution is 2.40. The molecule has 1 aromatic carbocycles. The Labute approximate surface area is 155 Å². The number of rotatable bonds is 3. The fraction of sp³-hybridized carbons (Fsp3) is 0.368. The molecule has 2 saturated heterocycles. The van der Waals surface area contributed by atoms with Crippen molar-refractivity contribution in [3.8, 4) is 11.3 Å². The summed E-state index contributed by atoms with van der Waals surface area (Å²) in [5.41, 5.74) is 3.35. The van der Waals surface area contributed by atoms with Crippen LogP contribution in [-0.4, -0.2) is 50.4 Å². The number of nitrogens with zero attached hydrogens (tertiary/aromatic N) is 4. The maximum absolute atomic E-state index is 11.1. The highest BCUT2D eigenvalue weighted by molar-refractivity contribution is 5.88. The summed E-state index contributed by atoms with van der Waals surface area (Å²) >= 11 is 0. The molecule has 0 saturated carbocycles. The minimum atomic E-state index is -0.636. The second-order valence-corrected chi connectivity index (χ2v) is 7.15. The first-order chi connectivity index (χ1) is 13.1. The van der Waals surface area contributed by atoms with E-state index >= 15 is 0 Å². The van der Waals surface area contributed by atoms with Crippen molar-refractivity contribution in [2.45, 2.75) is 38.1 Å². The van der Waals surface area contributed by atoms with Crippen LogP contribution < -0.4 is 0 Å². The van der Waals surface area contributed by atoms with E-state index in [1.54, 1.807) is 18.5 Å². The van der Waals surface area contributed by atoms with Crippen LogP contribution in [0.2, 0.25) is 0 Å². The topological polar surface area (TPSA) is 88.4 Å². The van der Waals surface area contributed by atoms with Gasteiger partial charge in [0, 0.05) is 11.1 Å². The van der Waals surface area contributed by atoms with Gasteiger partial charge >= 0.3 is 0 Å². The number of ether oxygens (including phenoxy) is 3. The second kappa shape index (κ2) is 5.91. The van der Waals surface area contributed by atoms with Crippen molar-refractivity contribution in [3.05, 3.63) is 42.5 Å². The summed E-state index contributed by atoms with van der Waals surface area (Å²) in [7, 11) is 0. The van der Waals surface area contributed by atoms with Crippen LogP contribution in [0.25, 0.3) is 22.4 Å². The van der Waals surface area contributed by atoms with Gasteiger partial charge in [-0.05, 0) is 19.9 Å². The molecule has 2 fully saturated rings. The summed E-state index contributed by atoms with van der Waals surface area (Å²) in [4.78, 5) is 24.4. The number of carbonyl (C=O) groups is 1. The predicted molar refractivity (Wildman–Crippen MR) is 95.0 cm³/mol. The summed E-state index contributed by atoms with van der Waals surface area (Å²) in [6.07, 6.45) is 3.28. The van der Waals surface area contributed by atoms with Gasteiger partial charge in [0.2, 0.25) is 0 Å². The molecule has 2 aliphatic heterocycles. The van der Waals surface area contributed by atoms with Gasteiger partial charge < -0.3 is 14.2 Å². The number of benzene rings is 1. The fourth-order valence-corrected chi connectivity index (χ4v) is 3.77. The zero-order valence-electron chi connectivity index (χ0n) is 14.9. The molecular weight excluding hydrogens is 348 g/mol. The first-order valence-electron chi connectivity index (χ1n) is 8.76. The number of hydrogen-bond donors (Lipinski definition) is 0. The molecule has 0 bridgehead atoms. The number of fused-ring (bicyclic) bond motifs is 2. The molecule has 0 radical (unpaired) electrons. The second-order valence-electron chi connectivity index (χ2n) is 7.15. The molecule has 0 unspecified atom stereocenters. The van der Waals surface area contributed by atoms with Crippen LogP contribution in [-0.2, 0) is 14.2 Å². The molecule has 8 heteroatoms. The van der Waals surface area contributed by atoms with E-state index in [4.69, 9.17) is 14.2 Å². The van der Waals surface area contributed by atoms with Crippen LogP contribution in [0.1, 0.15) is 30.4 Å². The Morgan fingerprint density at radius 3 is 2.96 bits per heavy atom. The van der Waals surface area contributed by atoms with Crippen molar-refractivity contribution in [2.75, 3.05) is 6.61 Å². The Morgan fingerprint density at radius 2 is 2.11 bits per heavy atom. The van der Waals surface area contributed by atoms with Crippen LogP contribution in [0.4, 0.5) is 0 Å². The summed E-state index contributed by atoms with van der Waals surface area (Å²) in [5.74, 6) is -0.636. The molecule has 2 aromatic heterocycles. The Morgan fingerprint density at radius 1 is 1.22 bits per heavy atom. The zero-order chi connectivity index (χ0) is 18.6. The lowest BCUT2D eigenvalue weighted by Crippen LogP contribution is -2.27. The smallest absolute Gasteiger partial charge is 0.166 e. The van der Waals surface area contributed by atoms with Crippen molar-refractivity contribution < 1.29 is 19.0 Å². The van der Waals surface area contributed by atoms with Crippen LogP contribution in [0, 0.1) is 0 Å². The van der Waals surface area contributed by atoms with E-state index in [1.165, 1.54) is 6.33 Å². The van der Waals surface area contributed by atoms with Crippen LogP contribution in [0.3, 0.4) is 0 Å². The van der Waals surface area contributed by atoms with Gasteiger partial charge in [0.15, 0.2) is 17.7 Å². The number of aromatic nitrogens is 4. The van der Waals surface area contributed by atoms with E-state index < -0.39 is 5.79 Å². The van der Waals surface area contributed by atoms with Crippen molar-refractivity contribution in [1.29, 1.82) is 0 Å². The third-order valence-electron chi connectivity index (χ3n) is 4.86. The third-order valence-corrected chi connectivity index (χ3v) is 4.86. The lowest BCUT2D eigenvalue weighted by Gasteiger charge is -2.22. The first kappa shape index (κ1) is 16.5. The predicted octanol–water partition coefficient (Wildman–Crippen LogP) is 2.35. The van der Waals surface area contributed by atoms with Gasteiger partial charge in [-0.25, -0.2) is 15.0 Å². The molecule has 138 valence electrons. The molecule has 2 aliphatic rings. The van der Waals surface area contributed by atoms with Gasteiger partial charge in [0.25, 0.3) is 0 Å². The quantitative estimate of drug-likeness (QED) is 0.658. The molecule has 0 amide bonds. The van der Waals surface area contributed by atoms with Crippen molar-refractivity contribution in [1.82, 2.24) is 19.5 Å². The number of carbonyl (C=O) groups excluding carboxylic acids is 1. The van der Waals surface area contributed by atoms with E-state index in [9.17, 15) is 4.79 Å². The largest absolute Gasteiger partial charge is 0.352 e. The molecular formula is C19H18N4O4. The van der Waals surface area contributed by atoms with E-state index in [2.05, 4.69) is 15.0 Å². The monoisotopic (exact) mass is 366 g/mol. The molecule has 0 spiro atoms.